The van der Waals surface area contributed by atoms with Gasteiger partial charge >= 0.3 is 0 Å². The summed E-state index contributed by atoms with van der Waals surface area (Å²) >= 11 is 0. The van der Waals surface area contributed by atoms with Gasteiger partial charge in [0.2, 0.25) is 0 Å². The Morgan fingerprint density at radius 3 is 2.83 bits per heavy atom. The molecule has 4 nitrogen and oxygen atoms in total. The summed E-state index contributed by atoms with van der Waals surface area (Å²) in [6.07, 6.45) is 3.69. The van der Waals surface area contributed by atoms with Crippen molar-refractivity contribution in [3.05, 3.63) is 29.6 Å². The molecular formula is C18H28FN3O. The van der Waals surface area contributed by atoms with Crippen LogP contribution in [0.15, 0.2) is 23.2 Å². The van der Waals surface area contributed by atoms with E-state index in [0.717, 1.165) is 17.4 Å². The first-order valence-electron chi connectivity index (χ1n) is 8.49. The molecule has 0 heterocycles. The minimum atomic E-state index is -0.342. The zero-order valence-electron chi connectivity index (χ0n) is 14.5. The second-order valence-electron chi connectivity index (χ2n) is 6.12. The van der Waals surface area contributed by atoms with Gasteiger partial charge in [-0.25, -0.2) is 4.39 Å². The van der Waals surface area contributed by atoms with E-state index in [2.05, 4.69) is 22.5 Å². The standard InChI is InChI=1S/C18H28FN3O/c1-5-7-14-11-16(14)22-18(20-6-2)21-12(3)13-8-9-17(23-4)15(19)10-13/h8-10,12,14,16H,5-7,11H2,1-4H3,(H2,20,21,22). The minimum absolute atomic E-state index is 0.0309. The van der Waals surface area contributed by atoms with Crippen molar-refractivity contribution in [2.75, 3.05) is 13.7 Å². The molecule has 0 amide bonds. The number of nitrogens with one attached hydrogen (secondary N) is 2. The molecule has 1 fully saturated rings. The zero-order chi connectivity index (χ0) is 16.8. The predicted octanol–water partition coefficient (Wildman–Crippen LogP) is 3.64. The van der Waals surface area contributed by atoms with E-state index < -0.39 is 0 Å². The molecule has 1 aliphatic rings. The average molecular weight is 321 g/mol. The van der Waals surface area contributed by atoms with Crippen LogP contribution in [0.1, 0.15) is 51.6 Å². The van der Waals surface area contributed by atoms with E-state index >= 15 is 0 Å². The van der Waals surface area contributed by atoms with Crippen molar-refractivity contribution in [3.8, 4) is 5.75 Å². The first-order chi connectivity index (χ1) is 11.1. The lowest BCUT2D eigenvalue weighted by molar-refractivity contribution is 0.386. The maximum atomic E-state index is 13.9. The summed E-state index contributed by atoms with van der Waals surface area (Å²) in [7, 11) is 1.47. The summed E-state index contributed by atoms with van der Waals surface area (Å²) < 4.78 is 18.8. The van der Waals surface area contributed by atoms with Gasteiger partial charge in [-0.3, -0.25) is 4.99 Å². The highest BCUT2D eigenvalue weighted by Gasteiger charge is 2.36. The van der Waals surface area contributed by atoms with Gasteiger partial charge in [0.25, 0.3) is 0 Å². The number of hydrogen-bond donors (Lipinski definition) is 2. The Hall–Kier alpha value is -1.78. The monoisotopic (exact) mass is 321 g/mol. The number of rotatable bonds is 7. The number of guanidine groups is 1. The third-order valence-corrected chi connectivity index (χ3v) is 4.25. The molecule has 3 unspecified atom stereocenters. The maximum absolute atomic E-state index is 13.9. The molecule has 1 saturated carbocycles. The fourth-order valence-corrected chi connectivity index (χ4v) is 2.82. The number of aliphatic imine (C=N–C) groups is 1. The molecule has 0 saturated heterocycles. The SMILES string of the molecule is CCCC1CC1NC(=NCC)NC(C)c1ccc(OC)c(F)c1. The highest BCUT2D eigenvalue weighted by atomic mass is 19.1. The van der Waals surface area contributed by atoms with Gasteiger partial charge in [0, 0.05) is 12.6 Å². The fourth-order valence-electron chi connectivity index (χ4n) is 2.82. The molecule has 0 aliphatic heterocycles. The highest BCUT2D eigenvalue weighted by Crippen LogP contribution is 2.34. The third kappa shape index (κ3) is 4.85. The molecule has 0 aromatic heterocycles. The van der Waals surface area contributed by atoms with Crippen LogP contribution in [0.25, 0.3) is 0 Å². The van der Waals surface area contributed by atoms with Gasteiger partial charge in [-0.05, 0) is 50.3 Å². The average Bonchev–Trinajstić information content (AvgIpc) is 3.25. The Kier molecular flexibility index (Phi) is 6.25. The van der Waals surface area contributed by atoms with E-state index in [9.17, 15) is 4.39 Å². The van der Waals surface area contributed by atoms with Crippen LogP contribution in [0.3, 0.4) is 0 Å². The molecule has 1 aromatic carbocycles. The summed E-state index contributed by atoms with van der Waals surface area (Å²) in [6, 6.07) is 5.53. The summed E-state index contributed by atoms with van der Waals surface area (Å²) in [5.74, 6) is 1.49. The van der Waals surface area contributed by atoms with Crippen molar-refractivity contribution in [1.82, 2.24) is 10.6 Å². The number of halogens is 1. The summed E-state index contributed by atoms with van der Waals surface area (Å²) in [6.45, 7) is 6.95. The van der Waals surface area contributed by atoms with Crippen molar-refractivity contribution in [2.24, 2.45) is 10.9 Å². The van der Waals surface area contributed by atoms with Gasteiger partial charge < -0.3 is 15.4 Å². The van der Waals surface area contributed by atoms with Crippen molar-refractivity contribution in [1.29, 1.82) is 0 Å². The Labute approximate surface area is 138 Å². The van der Waals surface area contributed by atoms with Crippen molar-refractivity contribution >= 4 is 5.96 Å². The molecule has 0 radical (unpaired) electrons. The minimum Gasteiger partial charge on any atom is -0.494 e. The second-order valence-corrected chi connectivity index (χ2v) is 6.12. The van der Waals surface area contributed by atoms with E-state index in [1.165, 1.54) is 32.4 Å². The molecular weight excluding hydrogens is 293 g/mol. The molecule has 0 spiro atoms. The fraction of sp³-hybridized carbons (Fsp3) is 0.611. The van der Waals surface area contributed by atoms with E-state index in [1.54, 1.807) is 6.07 Å². The van der Waals surface area contributed by atoms with Gasteiger partial charge in [-0.1, -0.05) is 19.4 Å². The smallest absolute Gasteiger partial charge is 0.191 e. The van der Waals surface area contributed by atoms with Gasteiger partial charge in [0.05, 0.1) is 13.2 Å². The second kappa shape index (κ2) is 8.18. The summed E-state index contributed by atoms with van der Waals surface area (Å²) in [4.78, 5) is 4.50. The number of benzene rings is 1. The molecule has 128 valence electrons. The van der Waals surface area contributed by atoms with Gasteiger partial charge in [0.1, 0.15) is 0 Å². The molecule has 1 aromatic rings. The van der Waals surface area contributed by atoms with Crippen LogP contribution in [-0.2, 0) is 0 Å². The van der Waals surface area contributed by atoms with E-state index in [1.807, 2.05) is 19.9 Å². The molecule has 0 bridgehead atoms. The van der Waals surface area contributed by atoms with Crippen LogP contribution in [-0.4, -0.2) is 25.7 Å². The van der Waals surface area contributed by atoms with Gasteiger partial charge in [0.15, 0.2) is 17.5 Å². The normalized spacial score (nSPS) is 21.7. The Balaban J connectivity index is 1.96. The molecule has 23 heavy (non-hydrogen) atoms. The molecule has 5 heteroatoms. The lowest BCUT2D eigenvalue weighted by Crippen LogP contribution is -2.40. The highest BCUT2D eigenvalue weighted by molar-refractivity contribution is 5.81. The molecule has 1 aliphatic carbocycles. The topological polar surface area (TPSA) is 45.7 Å². The summed E-state index contributed by atoms with van der Waals surface area (Å²) in [5, 5.41) is 6.85. The Morgan fingerprint density at radius 1 is 1.43 bits per heavy atom. The number of nitrogens with zero attached hydrogens (tertiary/aromatic N) is 1. The molecule has 3 atom stereocenters. The van der Waals surface area contributed by atoms with Crippen molar-refractivity contribution in [3.63, 3.8) is 0 Å². The van der Waals surface area contributed by atoms with Crippen molar-refractivity contribution in [2.45, 2.75) is 52.1 Å². The van der Waals surface area contributed by atoms with Crippen LogP contribution in [0, 0.1) is 11.7 Å². The van der Waals surface area contributed by atoms with Crippen LogP contribution >= 0.6 is 0 Å². The summed E-state index contributed by atoms with van der Waals surface area (Å²) in [5.41, 5.74) is 0.870. The third-order valence-electron chi connectivity index (χ3n) is 4.25. The molecule has 2 N–H and O–H groups in total. The zero-order valence-corrected chi connectivity index (χ0v) is 14.5. The predicted molar refractivity (Wildman–Crippen MR) is 92.4 cm³/mol. The largest absolute Gasteiger partial charge is 0.494 e. The van der Waals surface area contributed by atoms with E-state index in [4.69, 9.17) is 4.74 Å². The van der Waals surface area contributed by atoms with Crippen LogP contribution in [0.4, 0.5) is 4.39 Å². The van der Waals surface area contributed by atoms with E-state index in [-0.39, 0.29) is 17.6 Å². The van der Waals surface area contributed by atoms with Crippen LogP contribution in [0.5, 0.6) is 5.75 Å². The maximum Gasteiger partial charge on any atom is 0.191 e. The Bertz CT molecular complexity index is 547. The van der Waals surface area contributed by atoms with Gasteiger partial charge in [-0.15, -0.1) is 0 Å². The number of hydrogen-bond acceptors (Lipinski definition) is 2. The van der Waals surface area contributed by atoms with Crippen LogP contribution in [0.2, 0.25) is 0 Å². The number of methoxy groups -OCH3 is 1. The first-order valence-corrected chi connectivity index (χ1v) is 8.49. The lowest BCUT2D eigenvalue weighted by atomic mass is 10.1. The van der Waals surface area contributed by atoms with E-state index in [0.29, 0.717) is 12.6 Å². The van der Waals surface area contributed by atoms with Gasteiger partial charge in [-0.2, -0.15) is 0 Å². The first kappa shape index (κ1) is 17.6. The van der Waals surface area contributed by atoms with Crippen LogP contribution < -0.4 is 15.4 Å². The number of ether oxygens (including phenoxy) is 1. The van der Waals surface area contributed by atoms with Crippen molar-refractivity contribution < 1.29 is 9.13 Å². The Morgan fingerprint density at radius 2 is 2.22 bits per heavy atom. The molecule has 2 rings (SSSR count). The lowest BCUT2D eigenvalue weighted by Gasteiger charge is -2.19. The quantitative estimate of drug-likeness (QED) is 0.595.